The molecule has 1 N–H and O–H groups in total. The summed E-state index contributed by atoms with van der Waals surface area (Å²) < 4.78 is 20.8. The van der Waals surface area contributed by atoms with Gasteiger partial charge in [0.15, 0.2) is 11.5 Å². The molecule has 8 nitrogen and oxygen atoms in total. The van der Waals surface area contributed by atoms with Crippen molar-refractivity contribution in [3.63, 3.8) is 0 Å². The molecule has 0 aliphatic carbocycles. The average Bonchev–Trinajstić information content (AvgIpc) is 3.19. The third kappa shape index (κ3) is 4.20. The van der Waals surface area contributed by atoms with Crippen LogP contribution in [0.4, 0.5) is 9.18 Å². The molecule has 1 saturated heterocycles. The maximum absolute atomic E-state index is 13.6. The number of nitrogens with zero attached hydrogens (tertiary/aromatic N) is 5. The molecule has 0 saturated carbocycles. The topological polar surface area (TPSA) is 75.0 Å². The van der Waals surface area contributed by atoms with E-state index in [1.807, 2.05) is 35.7 Å². The summed E-state index contributed by atoms with van der Waals surface area (Å²) in [5.41, 5.74) is 1.55. The Bertz CT molecular complexity index is 1030. The zero-order valence-corrected chi connectivity index (χ0v) is 17.1. The van der Waals surface area contributed by atoms with Gasteiger partial charge in [-0.2, -0.15) is 0 Å². The number of pyridine rings is 1. The van der Waals surface area contributed by atoms with E-state index in [1.54, 1.807) is 18.1 Å². The Morgan fingerprint density at radius 2 is 2.00 bits per heavy atom. The zero-order chi connectivity index (χ0) is 21.1. The van der Waals surface area contributed by atoms with Crippen LogP contribution in [0.25, 0.3) is 5.65 Å². The second-order valence-corrected chi connectivity index (χ2v) is 7.38. The van der Waals surface area contributed by atoms with E-state index in [0.717, 1.165) is 11.2 Å². The third-order valence-corrected chi connectivity index (χ3v) is 5.36. The van der Waals surface area contributed by atoms with Crippen LogP contribution in [0.2, 0.25) is 0 Å². The van der Waals surface area contributed by atoms with E-state index in [4.69, 9.17) is 4.74 Å². The largest absolute Gasteiger partial charge is 0.496 e. The lowest BCUT2D eigenvalue weighted by Crippen LogP contribution is -2.51. The highest BCUT2D eigenvalue weighted by Gasteiger charge is 2.24. The standard InChI is InChI=1S/C21H25FN6O2/c1-15(20-25-24-19-5-3-4-8-28(19)20)23-21(29)27-11-9-26(10-12-27)14-16-13-17(22)6-7-18(16)30-2/h3-8,13,15H,9-12,14H2,1-2H3,(H,23,29). The van der Waals surface area contributed by atoms with Gasteiger partial charge >= 0.3 is 6.03 Å². The number of piperazine rings is 1. The number of nitrogens with one attached hydrogen (secondary N) is 1. The molecule has 1 fully saturated rings. The molecule has 3 heterocycles. The molecule has 158 valence electrons. The van der Waals surface area contributed by atoms with Crippen LogP contribution in [0.15, 0.2) is 42.6 Å². The molecule has 2 amide bonds. The zero-order valence-electron chi connectivity index (χ0n) is 17.1. The molecule has 1 unspecified atom stereocenters. The molecule has 1 atom stereocenters. The Kier molecular flexibility index (Phi) is 5.80. The second kappa shape index (κ2) is 8.66. The lowest BCUT2D eigenvalue weighted by atomic mass is 10.1. The number of amides is 2. The van der Waals surface area contributed by atoms with Gasteiger partial charge in [-0.25, -0.2) is 9.18 Å². The number of carbonyl (C=O) groups excluding carboxylic acids is 1. The quantitative estimate of drug-likeness (QED) is 0.697. The van der Waals surface area contributed by atoms with E-state index >= 15 is 0 Å². The van der Waals surface area contributed by atoms with Crippen molar-refractivity contribution in [1.29, 1.82) is 0 Å². The molecule has 1 aliphatic rings. The molecular weight excluding hydrogens is 387 g/mol. The van der Waals surface area contributed by atoms with Gasteiger partial charge in [0.1, 0.15) is 11.6 Å². The Morgan fingerprint density at radius 1 is 1.20 bits per heavy atom. The number of ether oxygens (including phenoxy) is 1. The van der Waals surface area contributed by atoms with Crippen molar-refractivity contribution in [2.45, 2.75) is 19.5 Å². The second-order valence-electron chi connectivity index (χ2n) is 7.38. The molecule has 4 rings (SSSR count). The third-order valence-electron chi connectivity index (χ3n) is 5.36. The number of halogens is 1. The highest BCUT2D eigenvalue weighted by molar-refractivity contribution is 5.74. The van der Waals surface area contributed by atoms with Crippen LogP contribution in [0.3, 0.4) is 0 Å². The fourth-order valence-electron chi connectivity index (χ4n) is 3.72. The summed E-state index contributed by atoms with van der Waals surface area (Å²) in [4.78, 5) is 16.7. The van der Waals surface area contributed by atoms with Crippen molar-refractivity contribution < 1.29 is 13.9 Å². The Morgan fingerprint density at radius 3 is 2.77 bits per heavy atom. The Labute approximate surface area is 174 Å². The molecule has 2 aromatic heterocycles. The van der Waals surface area contributed by atoms with E-state index < -0.39 is 0 Å². The first-order chi connectivity index (χ1) is 14.5. The monoisotopic (exact) mass is 412 g/mol. The van der Waals surface area contributed by atoms with Crippen molar-refractivity contribution in [2.24, 2.45) is 0 Å². The predicted molar refractivity (Wildman–Crippen MR) is 110 cm³/mol. The number of hydrogen-bond acceptors (Lipinski definition) is 5. The molecule has 0 spiro atoms. The van der Waals surface area contributed by atoms with E-state index in [1.165, 1.54) is 12.1 Å². The van der Waals surface area contributed by atoms with Gasteiger partial charge in [0.05, 0.1) is 13.2 Å². The first kappa shape index (κ1) is 20.1. The van der Waals surface area contributed by atoms with Gasteiger partial charge in [-0.1, -0.05) is 6.07 Å². The first-order valence-electron chi connectivity index (χ1n) is 9.95. The van der Waals surface area contributed by atoms with Crippen molar-refractivity contribution in [3.05, 3.63) is 59.8 Å². The Hall–Kier alpha value is -3.20. The average molecular weight is 412 g/mol. The molecule has 3 aromatic rings. The van der Waals surface area contributed by atoms with Crippen molar-refractivity contribution in [1.82, 2.24) is 29.7 Å². The van der Waals surface area contributed by atoms with Crippen molar-refractivity contribution in [2.75, 3.05) is 33.3 Å². The minimum atomic E-state index is -0.279. The van der Waals surface area contributed by atoms with Crippen LogP contribution < -0.4 is 10.1 Å². The maximum Gasteiger partial charge on any atom is 0.318 e. The van der Waals surface area contributed by atoms with Gasteiger partial charge in [0.25, 0.3) is 0 Å². The minimum absolute atomic E-state index is 0.127. The molecule has 0 bridgehead atoms. The van der Waals surface area contributed by atoms with Gasteiger partial charge in [-0.05, 0) is 37.3 Å². The normalized spacial score (nSPS) is 15.9. The number of rotatable bonds is 5. The van der Waals surface area contributed by atoms with E-state index in [-0.39, 0.29) is 17.9 Å². The summed E-state index contributed by atoms with van der Waals surface area (Å²) in [6.07, 6.45) is 1.88. The minimum Gasteiger partial charge on any atom is -0.496 e. The number of fused-ring (bicyclic) bond motifs is 1. The number of urea groups is 1. The summed E-state index contributed by atoms with van der Waals surface area (Å²) in [7, 11) is 1.58. The van der Waals surface area contributed by atoms with Crippen LogP contribution in [0.5, 0.6) is 5.75 Å². The van der Waals surface area contributed by atoms with Crippen LogP contribution in [0, 0.1) is 5.82 Å². The van der Waals surface area contributed by atoms with Crippen molar-refractivity contribution in [3.8, 4) is 5.75 Å². The van der Waals surface area contributed by atoms with Gasteiger partial charge in [-0.15, -0.1) is 10.2 Å². The highest BCUT2D eigenvalue weighted by atomic mass is 19.1. The molecule has 1 aliphatic heterocycles. The number of methoxy groups -OCH3 is 1. The van der Waals surface area contributed by atoms with Gasteiger partial charge in [0.2, 0.25) is 0 Å². The smallest absolute Gasteiger partial charge is 0.318 e. The van der Waals surface area contributed by atoms with Crippen LogP contribution in [0.1, 0.15) is 24.4 Å². The Balaban J connectivity index is 1.33. The summed E-state index contributed by atoms with van der Waals surface area (Å²) in [5, 5.41) is 11.3. The molecule has 1 aromatic carbocycles. The molecular formula is C21H25FN6O2. The summed E-state index contributed by atoms with van der Waals surface area (Å²) in [5.74, 6) is 1.08. The van der Waals surface area contributed by atoms with Crippen LogP contribution >= 0.6 is 0 Å². The number of hydrogen-bond donors (Lipinski definition) is 1. The van der Waals surface area contributed by atoms with E-state index in [2.05, 4.69) is 20.4 Å². The maximum atomic E-state index is 13.6. The fraction of sp³-hybridized carbons (Fsp3) is 0.381. The summed E-state index contributed by atoms with van der Waals surface area (Å²) in [6.45, 7) is 5.07. The van der Waals surface area contributed by atoms with Crippen LogP contribution in [-0.4, -0.2) is 63.7 Å². The molecule has 0 radical (unpaired) electrons. The number of carbonyl (C=O) groups is 1. The van der Waals surface area contributed by atoms with E-state index in [0.29, 0.717) is 44.3 Å². The first-order valence-corrected chi connectivity index (χ1v) is 9.95. The SMILES string of the molecule is COc1ccc(F)cc1CN1CCN(C(=O)NC(C)c2nnc3ccccn23)CC1. The predicted octanol–water partition coefficient (Wildman–Crippen LogP) is 2.47. The summed E-state index contributed by atoms with van der Waals surface area (Å²) >= 11 is 0. The van der Waals surface area contributed by atoms with Gasteiger partial charge in [0, 0.05) is 44.5 Å². The van der Waals surface area contributed by atoms with Gasteiger partial charge < -0.3 is 15.0 Å². The number of aromatic nitrogens is 3. The van der Waals surface area contributed by atoms with E-state index in [9.17, 15) is 9.18 Å². The number of benzene rings is 1. The molecule has 9 heteroatoms. The molecule has 30 heavy (non-hydrogen) atoms. The lowest BCUT2D eigenvalue weighted by Gasteiger charge is -2.35. The highest BCUT2D eigenvalue weighted by Crippen LogP contribution is 2.22. The summed E-state index contributed by atoms with van der Waals surface area (Å²) in [6, 6.07) is 9.81. The van der Waals surface area contributed by atoms with Crippen molar-refractivity contribution >= 4 is 11.7 Å². The fourth-order valence-corrected chi connectivity index (χ4v) is 3.72. The van der Waals surface area contributed by atoms with Gasteiger partial charge in [-0.3, -0.25) is 9.30 Å². The lowest BCUT2D eigenvalue weighted by molar-refractivity contribution is 0.132. The van der Waals surface area contributed by atoms with Crippen LogP contribution in [-0.2, 0) is 6.54 Å².